The molecule has 1 heterocycles. The predicted molar refractivity (Wildman–Crippen MR) is 76.6 cm³/mol. The molecular weight excluding hydrogens is 306 g/mol. The quantitative estimate of drug-likeness (QED) is 0.155. The third kappa shape index (κ3) is 5.62. The number of nitrogens with two attached hydrogens (primary N) is 1. The first-order chi connectivity index (χ1) is 10.9. The van der Waals surface area contributed by atoms with Crippen LogP contribution < -0.4 is 11.2 Å². The van der Waals surface area contributed by atoms with Crippen molar-refractivity contribution in [2.24, 2.45) is 11.7 Å². The van der Waals surface area contributed by atoms with E-state index >= 15 is 0 Å². The van der Waals surface area contributed by atoms with E-state index in [1.807, 2.05) is 0 Å². The lowest BCUT2D eigenvalue weighted by Crippen LogP contribution is -2.36. The normalized spacial score (nSPS) is 14.9. The van der Waals surface area contributed by atoms with Crippen LogP contribution in [0.15, 0.2) is 12.2 Å². The minimum Gasteiger partial charge on any atom is -0.370 e. The maximum absolute atomic E-state index is 11.9. The molecule has 0 aromatic carbocycles. The van der Waals surface area contributed by atoms with Crippen molar-refractivity contribution in [3.05, 3.63) is 12.2 Å². The van der Waals surface area contributed by atoms with Crippen molar-refractivity contribution < 1.29 is 29.2 Å². The van der Waals surface area contributed by atoms with Crippen LogP contribution in [0.2, 0.25) is 0 Å². The molecule has 0 aromatic heterocycles. The van der Waals surface area contributed by atoms with Gasteiger partial charge in [-0.05, 0) is 12.8 Å². The molecule has 0 aromatic rings. The van der Waals surface area contributed by atoms with Gasteiger partial charge in [0.05, 0.1) is 0 Å². The summed E-state index contributed by atoms with van der Waals surface area (Å²) < 4.78 is 0. The maximum Gasteiger partial charge on any atom is 0.254 e. The Hall–Kier alpha value is -2.55. The molecule has 0 radical (unpaired) electrons. The van der Waals surface area contributed by atoms with Crippen molar-refractivity contribution in [1.82, 2.24) is 10.4 Å². The topological polar surface area (TPSA) is 147 Å². The summed E-state index contributed by atoms with van der Waals surface area (Å²) in [5.41, 5.74) is 6.31. The first kappa shape index (κ1) is 18.5. The summed E-state index contributed by atoms with van der Waals surface area (Å²) in [6.45, 7) is 0.265. The van der Waals surface area contributed by atoms with Crippen LogP contribution in [0.5, 0.6) is 0 Å². The van der Waals surface area contributed by atoms with Crippen LogP contribution in [-0.2, 0) is 24.0 Å². The highest BCUT2D eigenvalue weighted by Crippen LogP contribution is 2.12. The summed E-state index contributed by atoms with van der Waals surface area (Å²) in [6.07, 6.45) is 3.49. The lowest BCUT2D eigenvalue weighted by atomic mass is 9.95. The Morgan fingerprint density at radius 1 is 1.13 bits per heavy atom. The number of carbonyl (C=O) groups is 5. The van der Waals surface area contributed by atoms with Gasteiger partial charge in [-0.2, -0.15) is 0 Å². The van der Waals surface area contributed by atoms with Gasteiger partial charge in [-0.15, -0.1) is 0 Å². The van der Waals surface area contributed by atoms with Crippen molar-refractivity contribution in [1.29, 1.82) is 0 Å². The zero-order valence-electron chi connectivity index (χ0n) is 12.5. The molecule has 4 N–H and O–H groups in total. The van der Waals surface area contributed by atoms with Gasteiger partial charge >= 0.3 is 0 Å². The summed E-state index contributed by atoms with van der Waals surface area (Å²) in [4.78, 5) is 57.8. The molecule has 1 aliphatic heterocycles. The van der Waals surface area contributed by atoms with Crippen LogP contribution in [0.25, 0.3) is 0 Å². The zero-order valence-corrected chi connectivity index (χ0v) is 12.5. The number of hydrogen-bond acceptors (Lipinski definition) is 6. The van der Waals surface area contributed by atoms with Gasteiger partial charge in [0.15, 0.2) is 0 Å². The van der Waals surface area contributed by atoms with E-state index in [4.69, 9.17) is 10.9 Å². The first-order valence-electron chi connectivity index (χ1n) is 7.15. The van der Waals surface area contributed by atoms with Gasteiger partial charge in [0.25, 0.3) is 17.7 Å². The van der Waals surface area contributed by atoms with Crippen LogP contribution in [0.1, 0.15) is 32.1 Å². The molecule has 0 fully saturated rings. The highest BCUT2D eigenvalue weighted by atomic mass is 16.5. The molecule has 1 rings (SSSR count). The Kier molecular flexibility index (Phi) is 7.07. The number of hydroxylamine groups is 1. The molecular formula is C14H19N3O6. The van der Waals surface area contributed by atoms with Crippen LogP contribution >= 0.6 is 0 Å². The molecule has 0 saturated carbocycles. The second-order valence-electron chi connectivity index (χ2n) is 5.14. The lowest BCUT2D eigenvalue weighted by molar-refractivity contribution is -0.142. The fourth-order valence-corrected chi connectivity index (χ4v) is 2.20. The highest BCUT2D eigenvalue weighted by Gasteiger charge is 2.27. The first-order valence-corrected chi connectivity index (χ1v) is 7.15. The monoisotopic (exact) mass is 325 g/mol. The van der Waals surface area contributed by atoms with Crippen molar-refractivity contribution in [2.75, 3.05) is 6.54 Å². The van der Waals surface area contributed by atoms with Crippen molar-refractivity contribution in [2.45, 2.75) is 32.1 Å². The van der Waals surface area contributed by atoms with E-state index < -0.39 is 29.9 Å². The second-order valence-corrected chi connectivity index (χ2v) is 5.14. The molecule has 126 valence electrons. The Balaban J connectivity index is 2.31. The minimum absolute atomic E-state index is 0.0332. The molecule has 23 heavy (non-hydrogen) atoms. The van der Waals surface area contributed by atoms with Crippen LogP contribution in [0, 0.1) is 5.92 Å². The molecule has 4 amide bonds. The van der Waals surface area contributed by atoms with Crippen molar-refractivity contribution in [3.8, 4) is 0 Å². The second kappa shape index (κ2) is 8.79. The van der Waals surface area contributed by atoms with E-state index in [1.54, 1.807) is 0 Å². The molecule has 9 nitrogen and oxygen atoms in total. The van der Waals surface area contributed by atoms with E-state index in [9.17, 15) is 24.0 Å². The highest BCUT2D eigenvalue weighted by molar-refractivity contribution is 6.12. The standard InChI is InChI=1S/C14H19N3O6/c15-11(19)8-9(14(22)16-23)10(18)4-2-1-3-7-17-12(20)5-6-13(17)21/h5-6,9,23H,1-4,7-8H2,(H2,15,19)(H,16,22). The number of nitrogens with zero attached hydrogens (tertiary/aromatic N) is 1. The number of amides is 4. The van der Waals surface area contributed by atoms with Gasteiger partial charge in [0.1, 0.15) is 11.7 Å². The summed E-state index contributed by atoms with van der Waals surface area (Å²) in [5.74, 6) is -4.29. The van der Waals surface area contributed by atoms with E-state index in [2.05, 4.69) is 0 Å². The molecule has 0 aliphatic carbocycles. The van der Waals surface area contributed by atoms with Crippen LogP contribution in [0.3, 0.4) is 0 Å². The minimum atomic E-state index is -1.30. The Bertz CT molecular complexity index is 525. The van der Waals surface area contributed by atoms with E-state index in [0.29, 0.717) is 19.3 Å². The number of carbonyl (C=O) groups excluding carboxylic acids is 5. The summed E-state index contributed by atoms with van der Waals surface area (Å²) in [6, 6.07) is 0. The average Bonchev–Trinajstić information content (AvgIpc) is 2.82. The van der Waals surface area contributed by atoms with Gasteiger partial charge in [0.2, 0.25) is 5.91 Å². The van der Waals surface area contributed by atoms with Crippen molar-refractivity contribution in [3.63, 3.8) is 0 Å². The van der Waals surface area contributed by atoms with Gasteiger partial charge < -0.3 is 5.73 Å². The molecule has 0 bridgehead atoms. The van der Waals surface area contributed by atoms with Crippen molar-refractivity contribution >= 4 is 29.4 Å². The SMILES string of the molecule is NC(=O)CC(C(=O)CCCCCN1C(=O)C=CC1=O)C(=O)NO. The molecule has 0 saturated heterocycles. The number of hydrogen-bond donors (Lipinski definition) is 3. The smallest absolute Gasteiger partial charge is 0.254 e. The summed E-state index contributed by atoms with van der Waals surface area (Å²) in [5, 5.41) is 8.57. The molecule has 1 aliphatic rings. The van der Waals surface area contributed by atoms with Gasteiger partial charge in [-0.1, -0.05) is 6.42 Å². The van der Waals surface area contributed by atoms with E-state index in [-0.39, 0.29) is 24.8 Å². The number of ketones is 1. The van der Waals surface area contributed by atoms with E-state index in [1.165, 1.54) is 17.6 Å². The number of primary amides is 1. The fraction of sp³-hybridized carbons (Fsp3) is 0.500. The summed E-state index contributed by atoms with van der Waals surface area (Å²) in [7, 11) is 0. The van der Waals surface area contributed by atoms with Crippen LogP contribution in [0.4, 0.5) is 0 Å². The van der Waals surface area contributed by atoms with Gasteiger partial charge in [-0.25, -0.2) is 5.48 Å². The number of nitrogens with one attached hydrogen (secondary N) is 1. The number of Topliss-reactive ketones (excluding diaryl/α,β-unsaturated/α-hetero) is 1. The number of rotatable bonds is 10. The number of imide groups is 1. The Morgan fingerprint density at radius 2 is 1.74 bits per heavy atom. The van der Waals surface area contributed by atoms with Gasteiger partial charge in [-0.3, -0.25) is 34.1 Å². The average molecular weight is 325 g/mol. The predicted octanol–water partition coefficient (Wildman–Crippen LogP) is -0.962. The van der Waals surface area contributed by atoms with Gasteiger partial charge in [0, 0.05) is 31.5 Å². The molecule has 0 spiro atoms. The third-order valence-electron chi connectivity index (χ3n) is 3.43. The molecule has 1 atom stereocenters. The lowest BCUT2D eigenvalue weighted by Gasteiger charge is -2.14. The largest absolute Gasteiger partial charge is 0.370 e. The fourth-order valence-electron chi connectivity index (χ4n) is 2.20. The third-order valence-corrected chi connectivity index (χ3v) is 3.43. The number of unbranched alkanes of at least 4 members (excludes halogenated alkanes) is 2. The Labute approximate surface area is 132 Å². The maximum atomic E-state index is 11.9. The summed E-state index contributed by atoms with van der Waals surface area (Å²) >= 11 is 0. The Morgan fingerprint density at radius 3 is 2.26 bits per heavy atom. The van der Waals surface area contributed by atoms with Crippen LogP contribution in [-0.4, -0.2) is 46.1 Å². The van der Waals surface area contributed by atoms with E-state index in [0.717, 1.165) is 4.90 Å². The zero-order chi connectivity index (χ0) is 17.4. The molecule has 9 heteroatoms. The molecule has 1 unspecified atom stereocenters.